The number of nitrogens with zero attached hydrogens (tertiary/aromatic N) is 2. The van der Waals surface area contributed by atoms with Gasteiger partial charge in [-0.1, -0.05) is 72.7 Å². The smallest absolute Gasteiger partial charge is 0.136 e. The van der Waals surface area contributed by atoms with Crippen molar-refractivity contribution in [1.82, 2.24) is 9.13 Å². The molecule has 11 rings (SSSR count). The molecular formula is C48H28F2N2O. The van der Waals surface area contributed by atoms with E-state index < -0.39 is 18.1 Å². The lowest BCUT2D eigenvalue weighted by atomic mass is 9.99. The van der Waals surface area contributed by atoms with Crippen LogP contribution in [0.1, 0.15) is 6.85 Å². The lowest BCUT2D eigenvalue weighted by Crippen LogP contribution is -1.94. The van der Waals surface area contributed by atoms with Crippen molar-refractivity contribution >= 4 is 65.6 Å². The molecule has 0 unspecified atom stereocenters. The molecule has 0 bridgehead atoms. The average Bonchev–Trinajstić information content (AvgIpc) is 3.88. The van der Waals surface area contributed by atoms with E-state index in [9.17, 15) is 4.39 Å². The molecule has 53 heavy (non-hydrogen) atoms. The quantitative estimate of drug-likeness (QED) is 0.180. The highest BCUT2D eigenvalue weighted by Gasteiger charge is 2.19. The predicted octanol–water partition coefficient (Wildman–Crippen LogP) is 13.4. The molecule has 0 N–H and O–H groups in total. The Kier molecular flexibility index (Phi) is 5.32. The zero-order chi connectivity index (χ0) is 39.6. The van der Waals surface area contributed by atoms with E-state index in [1.807, 2.05) is 71.3 Å². The topological polar surface area (TPSA) is 23.0 Å². The SMILES string of the molecule is [2H]c1c([2H])c([2H])c(-c2cccc3oc4ccc(-n5c6ccc(-c7ccc8c(c7)c7ccc(F)cc7n8-c7ccccc7)cc6c6ccc(F)cc65)cc4c23)c([2H])c1[2H]. The van der Waals surface area contributed by atoms with Crippen LogP contribution in [0.5, 0.6) is 0 Å². The highest BCUT2D eigenvalue weighted by molar-refractivity contribution is 6.15. The van der Waals surface area contributed by atoms with Gasteiger partial charge in [0.05, 0.1) is 28.9 Å². The molecule has 0 spiro atoms. The molecule has 0 amide bonds. The number of aromatic nitrogens is 2. The van der Waals surface area contributed by atoms with E-state index in [1.165, 1.54) is 18.2 Å². The Hall–Kier alpha value is -6.98. The molecule has 0 radical (unpaired) electrons. The summed E-state index contributed by atoms with van der Waals surface area (Å²) < 4.78 is 82.3. The van der Waals surface area contributed by atoms with Crippen molar-refractivity contribution < 1.29 is 20.1 Å². The summed E-state index contributed by atoms with van der Waals surface area (Å²) in [7, 11) is 0. The third kappa shape index (κ3) is 4.50. The number of fused-ring (bicyclic) bond motifs is 9. The van der Waals surface area contributed by atoms with Crippen LogP contribution in [0.2, 0.25) is 0 Å². The Morgan fingerprint density at radius 2 is 1.08 bits per heavy atom. The number of benzene rings is 8. The molecule has 0 aliphatic heterocycles. The first-order chi connectivity index (χ1) is 28.2. The second kappa shape index (κ2) is 11.3. The Bertz CT molecular complexity index is 3520. The van der Waals surface area contributed by atoms with Gasteiger partial charge in [0.15, 0.2) is 0 Å². The summed E-state index contributed by atoms with van der Waals surface area (Å²) in [6.07, 6.45) is 0. The van der Waals surface area contributed by atoms with Gasteiger partial charge in [-0.3, -0.25) is 0 Å². The number of rotatable bonds is 4. The molecule has 0 fully saturated rings. The third-order valence-corrected chi connectivity index (χ3v) is 10.3. The van der Waals surface area contributed by atoms with E-state index in [2.05, 4.69) is 28.8 Å². The summed E-state index contributed by atoms with van der Waals surface area (Å²) >= 11 is 0. The van der Waals surface area contributed by atoms with Gasteiger partial charge in [0.25, 0.3) is 0 Å². The van der Waals surface area contributed by atoms with Crippen molar-refractivity contribution in [3.8, 4) is 33.6 Å². The van der Waals surface area contributed by atoms with Crippen molar-refractivity contribution in [3.05, 3.63) is 181 Å². The molecule has 3 nitrogen and oxygen atoms in total. The minimum atomic E-state index is -0.458. The van der Waals surface area contributed by atoms with Crippen LogP contribution >= 0.6 is 0 Å². The first kappa shape index (κ1) is 25.1. The van der Waals surface area contributed by atoms with Crippen LogP contribution in [0.25, 0.3) is 99.2 Å². The highest BCUT2D eigenvalue weighted by atomic mass is 19.1. The van der Waals surface area contributed by atoms with Crippen molar-refractivity contribution in [2.75, 3.05) is 0 Å². The van der Waals surface area contributed by atoms with Crippen LogP contribution < -0.4 is 0 Å². The first-order valence-electron chi connectivity index (χ1n) is 19.7. The van der Waals surface area contributed by atoms with E-state index in [-0.39, 0.29) is 29.3 Å². The third-order valence-electron chi connectivity index (χ3n) is 10.3. The summed E-state index contributed by atoms with van der Waals surface area (Å²) in [4.78, 5) is 0. The van der Waals surface area contributed by atoms with E-state index in [0.29, 0.717) is 33.0 Å². The monoisotopic (exact) mass is 691 g/mol. The summed E-state index contributed by atoms with van der Waals surface area (Å²) in [5.74, 6) is -0.688. The maximum absolute atomic E-state index is 15.1. The van der Waals surface area contributed by atoms with E-state index in [0.717, 1.165) is 60.6 Å². The van der Waals surface area contributed by atoms with E-state index >= 15 is 4.39 Å². The molecule has 0 saturated carbocycles. The molecule has 0 aliphatic rings. The molecule has 3 aromatic heterocycles. The highest BCUT2D eigenvalue weighted by Crippen LogP contribution is 2.41. The van der Waals surface area contributed by atoms with Crippen LogP contribution in [0, 0.1) is 11.6 Å². The minimum Gasteiger partial charge on any atom is -0.456 e. The van der Waals surface area contributed by atoms with E-state index in [1.54, 1.807) is 30.3 Å². The largest absolute Gasteiger partial charge is 0.456 e. The number of hydrogen-bond donors (Lipinski definition) is 0. The molecular weight excluding hydrogens is 659 g/mol. The lowest BCUT2D eigenvalue weighted by molar-refractivity contribution is 0.629. The molecule has 11 aromatic rings. The first-order valence-corrected chi connectivity index (χ1v) is 17.2. The van der Waals surface area contributed by atoms with Crippen molar-refractivity contribution in [1.29, 1.82) is 0 Å². The van der Waals surface area contributed by atoms with E-state index in [4.69, 9.17) is 11.3 Å². The Labute approximate surface area is 309 Å². The fourth-order valence-electron chi connectivity index (χ4n) is 8.03. The zero-order valence-corrected chi connectivity index (χ0v) is 27.8. The summed E-state index contributed by atoms with van der Waals surface area (Å²) in [6.45, 7) is 0. The maximum atomic E-state index is 15.1. The predicted molar refractivity (Wildman–Crippen MR) is 213 cm³/mol. The molecule has 0 atom stereocenters. The van der Waals surface area contributed by atoms with Gasteiger partial charge in [0, 0.05) is 43.7 Å². The maximum Gasteiger partial charge on any atom is 0.136 e. The number of hydrogen-bond acceptors (Lipinski definition) is 1. The Morgan fingerprint density at radius 3 is 1.74 bits per heavy atom. The lowest BCUT2D eigenvalue weighted by Gasteiger charge is -2.10. The fraction of sp³-hybridized carbons (Fsp3) is 0. The van der Waals surface area contributed by atoms with Gasteiger partial charge in [0.1, 0.15) is 22.8 Å². The second-order valence-corrected chi connectivity index (χ2v) is 13.3. The van der Waals surface area contributed by atoms with Gasteiger partial charge in [-0.25, -0.2) is 8.78 Å². The minimum absolute atomic E-state index is 0.0890. The Balaban J connectivity index is 1.11. The second-order valence-electron chi connectivity index (χ2n) is 13.3. The van der Waals surface area contributed by atoms with Crippen molar-refractivity contribution in [2.45, 2.75) is 0 Å². The van der Waals surface area contributed by atoms with Gasteiger partial charge < -0.3 is 13.6 Å². The van der Waals surface area contributed by atoms with Gasteiger partial charge >= 0.3 is 0 Å². The van der Waals surface area contributed by atoms with Gasteiger partial charge in [0.2, 0.25) is 0 Å². The standard InChI is InChI=1S/C48H28F2N2O/c49-32-16-19-37-39-24-30(14-21-42(39)51(44(37)26-32)34-10-5-2-6-11-34)31-15-22-43-40(25-31)38-20-17-33(50)27-45(38)52(43)35-18-23-46-41(28-35)48-36(12-7-13-47(48)53-46)29-8-3-1-4-9-29/h1-28H/i1D,3D,4D,8D,9D. The normalized spacial score (nSPS) is 13.3. The van der Waals surface area contributed by atoms with Gasteiger partial charge in [-0.2, -0.15) is 0 Å². The fourth-order valence-corrected chi connectivity index (χ4v) is 8.03. The van der Waals surface area contributed by atoms with Crippen molar-refractivity contribution in [2.24, 2.45) is 0 Å². The van der Waals surface area contributed by atoms with Gasteiger partial charge in [-0.05, 0) is 119 Å². The van der Waals surface area contributed by atoms with Crippen LogP contribution in [0.3, 0.4) is 0 Å². The van der Waals surface area contributed by atoms with Crippen LogP contribution in [0.4, 0.5) is 8.78 Å². The zero-order valence-electron chi connectivity index (χ0n) is 32.8. The summed E-state index contributed by atoms with van der Waals surface area (Å²) in [5.41, 5.74) is 8.45. The summed E-state index contributed by atoms with van der Waals surface area (Å²) in [5, 5.41) is 4.99. The van der Waals surface area contributed by atoms with Crippen LogP contribution in [0.15, 0.2) is 174 Å². The van der Waals surface area contributed by atoms with Crippen LogP contribution in [-0.2, 0) is 0 Å². The molecule has 5 heteroatoms. The molecule has 0 aliphatic carbocycles. The average molecular weight is 692 g/mol. The molecule has 250 valence electrons. The van der Waals surface area contributed by atoms with Crippen molar-refractivity contribution in [3.63, 3.8) is 0 Å². The Morgan fingerprint density at radius 1 is 0.434 bits per heavy atom. The molecule has 8 aromatic carbocycles. The number of halogens is 2. The number of furan rings is 1. The number of para-hydroxylation sites is 1. The summed E-state index contributed by atoms with van der Waals surface area (Å²) in [6, 6.07) is 41.1. The molecule has 0 saturated heterocycles. The van der Waals surface area contributed by atoms with Crippen LogP contribution in [-0.4, -0.2) is 9.13 Å². The van der Waals surface area contributed by atoms with Gasteiger partial charge in [-0.15, -0.1) is 0 Å². The molecule has 3 heterocycles.